The average Bonchev–Trinajstić information content (AvgIpc) is 1.85. The highest BCUT2D eigenvalue weighted by Gasteiger charge is 2.14. The lowest BCUT2D eigenvalue weighted by molar-refractivity contribution is -0.137. The van der Waals surface area contributed by atoms with Gasteiger partial charge in [-0.1, -0.05) is 6.92 Å². The lowest BCUT2D eigenvalue weighted by atomic mass is 10.1. The molecule has 0 aromatic heterocycles. The van der Waals surface area contributed by atoms with Crippen LogP contribution in [-0.2, 0) is 4.79 Å². The zero-order chi connectivity index (χ0) is 8.15. The molecule has 0 saturated carbocycles. The van der Waals surface area contributed by atoms with Crippen LogP contribution in [0.5, 0.6) is 0 Å². The van der Waals surface area contributed by atoms with E-state index in [1.54, 1.807) is 0 Å². The third kappa shape index (κ3) is 4.01. The highest BCUT2D eigenvalue weighted by atomic mass is 35.5. The predicted octanol–water partition coefficient (Wildman–Crippen LogP) is 1.63. The molecule has 0 spiro atoms. The minimum atomic E-state index is -0.822. The fourth-order valence-electron chi connectivity index (χ4n) is 0.483. The molecule has 0 aliphatic rings. The summed E-state index contributed by atoms with van der Waals surface area (Å²) in [6.07, 6.45) is 0.0804. The van der Waals surface area contributed by atoms with Crippen molar-refractivity contribution in [1.82, 2.24) is 0 Å². The van der Waals surface area contributed by atoms with Crippen molar-refractivity contribution in [3.05, 3.63) is 0 Å². The van der Waals surface area contributed by atoms with Gasteiger partial charge in [0.05, 0.1) is 6.42 Å². The third-order valence-corrected chi connectivity index (χ3v) is 2.46. The molecule has 2 atom stereocenters. The first-order valence-corrected chi connectivity index (χ1v) is 4.08. The number of carbonyl (C=O) groups is 1. The molecule has 0 amide bonds. The molecule has 0 heterocycles. The van der Waals surface area contributed by atoms with Gasteiger partial charge in [0.1, 0.15) is 0 Å². The van der Waals surface area contributed by atoms with Crippen molar-refractivity contribution in [2.45, 2.75) is 18.6 Å². The van der Waals surface area contributed by atoms with Crippen molar-refractivity contribution >= 4 is 30.2 Å². The van der Waals surface area contributed by atoms with Crippen LogP contribution in [0.25, 0.3) is 0 Å². The van der Waals surface area contributed by atoms with Crippen molar-refractivity contribution in [3.63, 3.8) is 0 Å². The molecule has 60 valence electrons. The van der Waals surface area contributed by atoms with Gasteiger partial charge in [0.2, 0.25) is 0 Å². The van der Waals surface area contributed by atoms with E-state index in [0.717, 1.165) is 0 Å². The number of aliphatic carboxylic acids is 1. The van der Waals surface area contributed by atoms with Crippen LogP contribution >= 0.6 is 24.2 Å². The van der Waals surface area contributed by atoms with Crippen LogP contribution in [0.15, 0.2) is 0 Å². The first-order chi connectivity index (χ1) is 4.57. The summed E-state index contributed by atoms with van der Waals surface area (Å²) in [5, 5.41) is 8.21. The Labute approximate surface area is 71.0 Å². The number of alkyl halides is 1. The molecule has 0 aromatic rings. The fraction of sp³-hybridized carbons (Fsp3) is 0.833. The number of thiol groups is 1. The second-order valence-electron chi connectivity index (χ2n) is 2.30. The summed E-state index contributed by atoms with van der Waals surface area (Å²) in [6, 6.07) is 0. The molecule has 0 aliphatic carbocycles. The number of halogens is 1. The summed E-state index contributed by atoms with van der Waals surface area (Å²) >= 11 is 9.57. The van der Waals surface area contributed by atoms with E-state index in [0.29, 0.717) is 5.88 Å². The molecular formula is C6H11ClO2S. The van der Waals surface area contributed by atoms with Crippen molar-refractivity contribution in [2.75, 3.05) is 5.88 Å². The summed E-state index contributed by atoms with van der Waals surface area (Å²) in [4.78, 5) is 10.1. The molecule has 4 heteroatoms. The van der Waals surface area contributed by atoms with Crippen LogP contribution in [0.1, 0.15) is 13.3 Å². The maximum absolute atomic E-state index is 10.1. The number of rotatable bonds is 4. The summed E-state index contributed by atoms with van der Waals surface area (Å²) in [5.74, 6) is -0.209. The van der Waals surface area contributed by atoms with Crippen molar-refractivity contribution in [1.29, 1.82) is 0 Å². The Morgan fingerprint density at radius 1 is 1.80 bits per heavy atom. The quantitative estimate of drug-likeness (QED) is 0.513. The molecule has 0 rings (SSSR count). The molecule has 0 fully saturated rings. The van der Waals surface area contributed by atoms with E-state index in [1.165, 1.54) is 0 Å². The Balaban J connectivity index is 3.61. The summed E-state index contributed by atoms with van der Waals surface area (Å²) in [5.41, 5.74) is 0. The minimum Gasteiger partial charge on any atom is -0.481 e. The van der Waals surface area contributed by atoms with E-state index < -0.39 is 5.97 Å². The van der Waals surface area contributed by atoms with Crippen LogP contribution in [0.2, 0.25) is 0 Å². The van der Waals surface area contributed by atoms with Gasteiger partial charge in [-0.05, 0) is 5.92 Å². The average molecular weight is 183 g/mol. The molecule has 0 saturated heterocycles. The Kier molecular flexibility index (Phi) is 4.91. The fourth-order valence-corrected chi connectivity index (χ4v) is 1.08. The third-order valence-electron chi connectivity index (χ3n) is 1.28. The van der Waals surface area contributed by atoms with Gasteiger partial charge >= 0.3 is 5.97 Å². The predicted molar refractivity (Wildman–Crippen MR) is 44.9 cm³/mol. The van der Waals surface area contributed by atoms with E-state index in [2.05, 4.69) is 12.6 Å². The maximum atomic E-state index is 10.1. The number of carboxylic acid groups (broad SMARTS) is 1. The van der Waals surface area contributed by atoms with Gasteiger partial charge in [0, 0.05) is 11.1 Å². The number of hydrogen-bond acceptors (Lipinski definition) is 2. The van der Waals surface area contributed by atoms with E-state index in [1.807, 2.05) is 6.92 Å². The molecule has 2 unspecified atom stereocenters. The van der Waals surface area contributed by atoms with Crippen molar-refractivity contribution < 1.29 is 9.90 Å². The van der Waals surface area contributed by atoms with Crippen molar-refractivity contribution in [2.24, 2.45) is 5.92 Å². The largest absolute Gasteiger partial charge is 0.481 e. The van der Waals surface area contributed by atoms with E-state index in [4.69, 9.17) is 16.7 Å². The smallest absolute Gasteiger partial charge is 0.304 e. The molecule has 0 aromatic carbocycles. The zero-order valence-electron chi connectivity index (χ0n) is 5.75. The Morgan fingerprint density at radius 3 is 2.60 bits per heavy atom. The van der Waals surface area contributed by atoms with E-state index >= 15 is 0 Å². The molecule has 2 nitrogen and oxygen atoms in total. The molecule has 1 N–H and O–H groups in total. The monoisotopic (exact) mass is 182 g/mol. The molecule has 10 heavy (non-hydrogen) atoms. The highest BCUT2D eigenvalue weighted by molar-refractivity contribution is 7.81. The molecule has 0 radical (unpaired) electrons. The van der Waals surface area contributed by atoms with Crippen LogP contribution in [0.3, 0.4) is 0 Å². The van der Waals surface area contributed by atoms with Crippen LogP contribution < -0.4 is 0 Å². The number of hydrogen-bond donors (Lipinski definition) is 2. The Bertz CT molecular complexity index is 118. The van der Waals surface area contributed by atoms with Gasteiger partial charge in [-0.25, -0.2) is 0 Å². The molecule has 0 bridgehead atoms. The SMILES string of the molecule is CC(CCl)C(S)CC(=O)O. The first-order valence-electron chi connectivity index (χ1n) is 3.03. The lowest BCUT2D eigenvalue weighted by Gasteiger charge is -2.13. The second kappa shape index (κ2) is 4.85. The highest BCUT2D eigenvalue weighted by Crippen LogP contribution is 2.14. The van der Waals surface area contributed by atoms with Crippen molar-refractivity contribution in [3.8, 4) is 0 Å². The maximum Gasteiger partial charge on any atom is 0.304 e. The summed E-state index contributed by atoms with van der Waals surface area (Å²) < 4.78 is 0. The van der Waals surface area contributed by atoms with Crippen LogP contribution in [0.4, 0.5) is 0 Å². The van der Waals surface area contributed by atoms with Gasteiger partial charge in [-0.15, -0.1) is 11.6 Å². The Hall–Kier alpha value is 0.110. The topological polar surface area (TPSA) is 37.3 Å². The van der Waals surface area contributed by atoms with Gasteiger partial charge in [-0.2, -0.15) is 12.6 Å². The standard InChI is InChI=1S/C6H11ClO2S/c1-4(3-7)5(10)2-6(8)9/h4-5,10H,2-3H2,1H3,(H,8,9). The Morgan fingerprint density at radius 2 is 2.30 bits per heavy atom. The van der Waals surface area contributed by atoms with Gasteiger partial charge in [-0.3, -0.25) is 4.79 Å². The lowest BCUT2D eigenvalue weighted by Crippen LogP contribution is -2.17. The second-order valence-corrected chi connectivity index (χ2v) is 3.27. The molecule has 0 aliphatic heterocycles. The summed E-state index contributed by atoms with van der Waals surface area (Å²) in [6.45, 7) is 1.88. The number of carboxylic acids is 1. The van der Waals surface area contributed by atoms with E-state index in [9.17, 15) is 4.79 Å². The van der Waals surface area contributed by atoms with Crippen LogP contribution in [-0.4, -0.2) is 22.2 Å². The van der Waals surface area contributed by atoms with Gasteiger partial charge in [0.25, 0.3) is 0 Å². The first kappa shape index (κ1) is 10.1. The summed E-state index contributed by atoms with van der Waals surface area (Å²) in [7, 11) is 0. The van der Waals surface area contributed by atoms with Crippen LogP contribution in [0, 0.1) is 5.92 Å². The van der Waals surface area contributed by atoms with E-state index in [-0.39, 0.29) is 17.6 Å². The van der Waals surface area contributed by atoms with Gasteiger partial charge < -0.3 is 5.11 Å². The minimum absolute atomic E-state index is 0.0804. The zero-order valence-corrected chi connectivity index (χ0v) is 7.40. The van der Waals surface area contributed by atoms with Gasteiger partial charge in [0.15, 0.2) is 0 Å². The normalized spacial score (nSPS) is 16.3. The molecular weight excluding hydrogens is 172 g/mol.